The number of alkyl halides is 1. The molecule has 4 atom stereocenters. The van der Waals surface area contributed by atoms with E-state index in [1.54, 1.807) is 37.3 Å². The topological polar surface area (TPSA) is 90.1 Å². The molecule has 0 radical (unpaired) electrons. The van der Waals surface area contributed by atoms with Crippen molar-refractivity contribution in [2.24, 2.45) is 22.9 Å². The summed E-state index contributed by atoms with van der Waals surface area (Å²) >= 11 is 0. The highest BCUT2D eigenvalue weighted by molar-refractivity contribution is 6.02. The molecule has 5 rings (SSSR count). The lowest BCUT2D eigenvalue weighted by Gasteiger charge is -2.32. The number of carbonyl (C=O) groups excluding carboxylic acids is 1. The summed E-state index contributed by atoms with van der Waals surface area (Å²) in [5.74, 6) is -0.909. The molecule has 0 amide bonds. The molecule has 2 aromatic rings. The van der Waals surface area contributed by atoms with Gasteiger partial charge in [0.2, 0.25) is 5.88 Å². The van der Waals surface area contributed by atoms with Gasteiger partial charge in [0.25, 0.3) is 0 Å². The molecule has 1 N–H and O–H groups in total. The van der Waals surface area contributed by atoms with Gasteiger partial charge in [-0.2, -0.15) is 0 Å². The minimum absolute atomic E-state index is 0.0664. The second-order valence-corrected chi connectivity index (χ2v) is 8.99. The summed E-state index contributed by atoms with van der Waals surface area (Å²) in [6.07, 6.45) is 3.83. The van der Waals surface area contributed by atoms with E-state index in [9.17, 15) is 19.2 Å². The summed E-state index contributed by atoms with van der Waals surface area (Å²) in [6.45, 7) is 4.13. The Hall–Kier alpha value is -3.52. The smallest absolute Gasteiger partial charge is 0.222 e. The molecular weight excluding hydrogens is 439 g/mol. The standard InChI is InChI=1S/C26H25FN2O5/c1-14-8-22-19(10-18(14)24(30)16-6-4-3-5-7-16)23(28-32)26(31)29(22)11-17-9-21(27)15(2)20-12-33-13-34-25(17)20/h3-10,14-15,18,21,31H,11-13H2,1-2H3. The first-order valence-corrected chi connectivity index (χ1v) is 11.3. The van der Waals surface area contributed by atoms with Crippen molar-refractivity contribution >= 4 is 23.6 Å². The molecule has 0 spiro atoms. The maximum absolute atomic E-state index is 14.8. The summed E-state index contributed by atoms with van der Waals surface area (Å²) in [7, 11) is 0. The van der Waals surface area contributed by atoms with Crippen molar-refractivity contribution in [3.63, 3.8) is 0 Å². The van der Waals surface area contributed by atoms with Crippen LogP contribution in [0.15, 0.2) is 58.5 Å². The second-order valence-electron chi connectivity index (χ2n) is 8.99. The summed E-state index contributed by atoms with van der Waals surface area (Å²) in [4.78, 5) is 24.8. The van der Waals surface area contributed by atoms with Crippen LogP contribution in [0.25, 0.3) is 12.2 Å². The lowest BCUT2D eigenvalue weighted by Crippen LogP contribution is -2.38. The van der Waals surface area contributed by atoms with Gasteiger partial charge in [-0.05, 0) is 17.2 Å². The van der Waals surface area contributed by atoms with Crippen molar-refractivity contribution in [2.75, 3.05) is 13.4 Å². The average Bonchev–Trinajstić information content (AvgIpc) is 3.11. The van der Waals surface area contributed by atoms with Crippen molar-refractivity contribution in [2.45, 2.75) is 26.6 Å². The van der Waals surface area contributed by atoms with Gasteiger partial charge in [-0.15, -0.1) is 4.91 Å². The number of rotatable bonds is 5. The maximum atomic E-state index is 14.8. The monoisotopic (exact) mass is 464 g/mol. The zero-order valence-corrected chi connectivity index (χ0v) is 18.9. The molecule has 2 aliphatic carbocycles. The molecule has 4 unspecified atom stereocenters. The number of hydrogen-bond acceptors (Lipinski definition) is 6. The number of ketones is 1. The predicted molar refractivity (Wildman–Crippen MR) is 124 cm³/mol. The van der Waals surface area contributed by atoms with Gasteiger partial charge in [0, 0.05) is 39.1 Å². The van der Waals surface area contributed by atoms with Gasteiger partial charge < -0.3 is 19.1 Å². The molecule has 0 saturated carbocycles. The van der Waals surface area contributed by atoms with Crippen LogP contribution >= 0.6 is 0 Å². The van der Waals surface area contributed by atoms with E-state index in [0.29, 0.717) is 27.5 Å². The predicted octanol–water partition coefficient (Wildman–Crippen LogP) is 3.47. The zero-order valence-electron chi connectivity index (χ0n) is 18.9. The molecular formula is C26H25FN2O5. The van der Waals surface area contributed by atoms with Gasteiger partial charge in [-0.3, -0.25) is 4.79 Å². The first-order chi connectivity index (χ1) is 16.4. The molecule has 0 bridgehead atoms. The quantitative estimate of drug-likeness (QED) is 0.541. The highest BCUT2D eigenvalue weighted by Gasteiger charge is 2.34. The minimum Gasteiger partial charge on any atom is -0.493 e. The summed E-state index contributed by atoms with van der Waals surface area (Å²) in [5, 5.41) is 14.9. The van der Waals surface area contributed by atoms with Crippen LogP contribution in [0, 0.1) is 22.7 Å². The van der Waals surface area contributed by atoms with E-state index >= 15 is 0 Å². The van der Waals surface area contributed by atoms with E-state index in [2.05, 4.69) is 5.18 Å². The highest BCUT2D eigenvalue weighted by atomic mass is 19.1. The molecule has 34 heavy (non-hydrogen) atoms. The van der Waals surface area contributed by atoms with Crippen molar-refractivity contribution in [3.05, 3.63) is 74.4 Å². The SMILES string of the molecule is CC1C=c2c(c(N=O)c(O)n2CC2=CC(F)C(C)C3=C2OCOC3)=CC1C(=O)c1ccccc1. The third kappa shape index (κ3) is 3.58. The average molecular weight is 464 g/mol. The Morgan fingerprint density at radius 1 is 1.21 bits per heavy atom. The number of benzene rings is 1. The number of aromatic nitrogens is 1. The molecule has 1 aromatic heterocycles. The Balaban J connectivity index is 1.59. The normalized spacial score (nSPS) is 25.8. The van der Waals surface area contributed by atoms with Gasteiger partial charge in [-0.1, -0.05) is 56.3 Å². The van der Waals surface area contributed by atoms with Crippen LogP contribution in [-0.4, -0.2) is 35.0 Å². The first-order valence-electron chi connectivity index (χ1n) is 11.3. The van der Waals surface area contributed by atoms with Crippen LogP contribution in [0.5, 0.6) is 5.88 Å². The Bertz CT molecular complexity index is 1340. The second kappa shape index (κ2) is 8.68. The number of Topliss-reactive ketones (excluding diaryl/α,β-unsaturated/α-hetero) is 1. The van der Waals surface area contributed by atoms with E-state index in [4.69, 9.17) is 9.47 Å². The number of fused-ring (bicyclic) bond motifs is 1. The van der Waals surface area contributed by atoms with Crippen LogP contribution < -0.4 is 10.6 Å². The first kappa shape index (κ1) is 22.3. The van der Waals surface area contributed by atoms with Crippen molar-refractivity contribution in [3.8, 4) is 5.88 Å². The number of nitroso groups, excluding NO2 is 1. The molecule has 8 heteroatoms. The molecule has 1 aliphatic heterocycles. The summed E-state index contributed by atoms with van der Waals surface area (Å²) in [6, 6.07) is 8.95. The van der Waals surface area contributed by atoms with E-state index in [1.807, 2.05) is 19.1 Å². The number of allylic oxidation sites excluding steroid dienone is 2. The lowest BCUT2D eigenvalue weighted by atomic mass is 9.83. The zero-order chi connectivity index (χ0) is 24.0. The Kier molecular flexibility index (Phi) is 5.69. The van der Waals surface area contributed by atoms with Gasteiger partial charge in [0.05, 0.1) is 13.2 Å². The molecule has 7 nitrogen and oxygen atoms in total. The Labute approximate surface area is 195 Å². The number of ether oxygens (including phenoxy) is 2. The van der Waals surface area contributed by atoms with E-state index in [0.717, 1.165) is 5.57 Å². The van der Waals surface area contributed by atoms with E-state index in [1.165, 1.54) is 10.6 Å². The van der Waals surface area contributed by atoms with Crippen LogP contribution in [0.1, 0.15) is 24.2 Å². The fourth-order valence-corrected chi connectivity index (χ4v) is 4.96. The van der Waals surface area contributed by atoms with Crippen LogP contribution in [0.3, 0.4) is 0 Å². The number of carbonyl (C=O) groups is 1. The largest absolute Gasteiger partial charge is 0.493 e. The molecule has 3 aliphatic rings. The number of halogens is 1. The third-order valence-corrected chi connectivity index (χ3v) is 6.92. The fraction of sp³-hybridized carbons (Fsp3) is 0.346. The van der Waals surface area contributed by atoms with Crippen molar-refractivity contribution in [1.82, 2.24) is 4.57 Å². The Morgan fingerprint density at radius 3 is 2.71 bits per heavy atom. The summed E-state index contributed by atoms with van der Waals surface area (Å²) in [5.41, 5.74) is 1.75. The van der Waals surface area contributed by atoms with Gasteiger partial charge in [-0.25, -0.2) is 4.39 Å². The number of aromatic hydroxyl groups is 1. The third-order valence-electron chi connectivity index (χ3n) is 6.92. The number of nitrogens with zero attached hydrogens (tertiary/aromatic N) is 2. The maximum Gasteiger partial charge on any atom is 0.222 e. The highest BCUT2D eigenvalue weighted by Crippen LogP contribution is 2.36. The van der Waals surface area contributed by atoms with Crippen molar-refractivity contribution in [1.29, 1.82) is 0 Å². The molecule has 2 heterocycles. The molecule has 1 aromatic carbocycles. The van der Waals surface area contributed by atoms with Crippen LogP contribution in [-0.2, 0) is 16.0 Å². The van der Waals surface area contributed by atoms with Crippen LogP contribution in [0.4, 0.5) is 10.1 Å². The van der Waals surface area contributed by atoms with Crippen molar-refractivity contribution < 1.29 is 23.8 Å². The Morgan fingerprint density at radius 2 is 1.97 bits per heavy atom. The fourth-order valence-electron chi connectivity index (χ4n) is 4.96. The lowest BCUT2D eigenvalue weighted by molar-refractivity contribution is -0.0404. The van der Waals surface area contributed by atoms with E-state index < -0.39 is 12.1 Å². The van der Waals surface area contributed by atoms with Gasteiger partial charge >= 0.3 is 0 Å². The minimum atomic E-state index is -1.22. The van der Waals surface area contributed by atoms with Gasteiger partial charge in [0.15, 0.2) is 18.3 Å². The van der Waals surface area contributed by atoms with Crippen LogP contribution in [0.2, 0.25) is 0 Å². The molecule has 0 saturated heterocycles. The van der Waals surface area contributed by atoms with Gasteiger partial charge in [0.1, 0.15) is 11.9 Å². The van der Waals surface area contributed by atoms with E-state index in [-0.39, 0.29) is 49.1 Å². The number of hydrogen-bond donors (Lipinski definition) is 1. The summed E-state index contributed by atoms with van der Waals surface area (Å²) < 4.78 is 27.3. The molecule has 0 fully saturated rings. The molecule has 176 valence electrons.